The predicted molar refractivity (Wildman–Crippen MR) is 123 cm³/mol. The summed E-state index contributed by atoms with van der Waals surface area (Å²) in [4.78, 5) is 12.6. The molecular weight excluding hydrogens is 444 g/mol. The third kappa shape index (κ3) is 5.40. The standard InChI is InChI=1S/C24H23BrN2O3/c25-22-15-17(8-13-23(22)30-16-21-7-4-14-29-21)24(28)27-20-11-9-19(10-12-20)26-18-5-2-1-3-6-18/h1-3,5-6,8-13,15,21,26H,4,7,14,16H2,(H,27,28). The highest BCUT2D eigenvalue weighted by Crippen LogP contribution is 2.27. The molecule has 154 valence electrons. The van der Waals surface area contributed by atoms with E-state index in [9.17, 15) is 4.79 Å². The van der Waals surface area contributed by atoms with Gasteiger partial charge in [0.1, 0.15) is 12.4 Å². The summed E-state index contributed by atoms with van der Waals surface area (Å²) in [5.41, 5.74) is 3.25. The zero-order valence-corrected chi connectivity index (χ0v) is 18.0. The van der Waals surface area contributed by atoms with Gasteiger partial charge in [-0.05, 0) is 83.4 Å². The number of para-hydroxylation sites is 1. The third-order valence-electron chi connectivity index (χ3n) is 4.85. The lowest BCUT2D eigenvalue weighted by molar-refractivity contribution is 0.0677. The summed E-state index contributed by atoms with van der Waals surface area (Å²) in [6.07, 6.45) is 2.26. The molecule has 0 spiro atoms. The molecule has 1 amide bonds. The fourth-order valence-electron chi connectivity index (χ4n) is 3.25. The van der Waals surface area contributed by atoms with Crippen LogP contribution in [-0.4, -0.2) is 25.2 Å². The summed E-state index contributed by atoms with van der Waals surface area (Å²) in [6, 6.07) is 22.9. The van der Waals surface area contributed by atoms with Gasteiger partial charge in [0, 0.05) is 29.2 Å². The van der Waals surface area contributed by atoms with E-state index < -0.39 is 0 Å². The van der Waals surface area contributed by atoms with Gasteiger partial charge in [-0.2, -0.15) is 0 Å². The van der Waals surface area contributed by atoms with Crippen LogP contribution in [0.1, 0.15) is 23.2 Å². The maximum absolute atomic E-state index is 12.6. The Hall–Kier alpha value is -2.83. The van der Waals surface area contributed by atoms with Crippen molar-refractivity contribution in [3.05, 3.63) is 82.8 Å². The highest BCUT2D eigenvalue weighted by atomic mass is 79.9. The molecule has 30 heavy (non-hydrogen) atoms. The average molecular weight is 467 g/mol. The molecule has 1 aliphatic rings. The van der Waals surface area contributed by atoms with Crippen LogP contribution in [0.5, 0.6) is 5.75 Å². The Balaban J connectivity index is 1.34. The van der Waals surface area contributed by atoms with Gasteiger partial charge < -0.3 is 20.1 Å². The fourth-order valence-corrected chi connectivity index (χ4v) is 3.74. The van der Waals surface area contributed by atoms with Crippen LogP contribution >= 0.6 is 15.9 Å². The van der Waals surface area contributed by atoms with Crippen LogP contribution in [0.15, 0.2) is 77.3 Å². The van der Waals surface area contributed by atoms with Crippen molar-refractivity contribution in [3.8, 4) is 5.75 Å². The van der Waals surface area contributed by atoms with Gasteiger partial charge in [0.05, 0.1) is 10.6 Å². The first-order valence-corrected chi connectivity index (χ1v) is 10.7. The predicted octanol–water partition coefficient (Wildman–Crippen LogP) is 6.00. The normalized spacial score (nSPS) is 15.6. The number of benzene rings is 3. The van der Waals surface area contributed by atoms with Crippen LogP contribution < -0.4 is 15.4 Å². The van der Waals surface area contributed by atoms with E-state index in [0.29, 0.717) is 17.9 Å². The van der Waals surface area contributed by atoms with Gasteiger partial charge in [0.25, 0.3) is 5.91 Å². The summed E-state index contributed by atoms with van der Waals surface area (Å²) >= 11 is 3.50. The molecular formula is C24H23BrN2O3. The molecule has 4 rings (SSSR count). The van der Waals surface area contributed by atoms with E-state index in [-0.39, 0.29) is 12.0 Å². The number of carbonyl (C=O) groups excluding carboxylic acids is 1. The van der Waals surface area contributed by atoms with E-state index in [4.69, 9.17) is 9.47 Å². The topological polar surface area (TPSA) is 59.6 Å². The molecule has 6 heteroatoms. The van der Waals surface area contributed by atoms with Gasteiger partial charge >= 0.3 is 0 Å². The fraction of sp³-hybridized carbons (Fsp3) is 0.208. The Morgan fingerprint density at radius 1 is 1.00 bits per heavy atom. The maximum Gasteiger partial charge on any atom is 0.255 e. The number of halogens is 1. The molecule has 0 saturated carbocycles. The quantitative estimate of drug-likeness (QED) is 0.447. The zero-order chi connectivity index (χ0) is 20.8. The van der Waals surface area contributed by atoms with E-state index in [1.54, 1.807) is 18.2 Å². The summed E-state index contributed by atoms with van der Waals surface area (Å²) < 4.78 is 12.1. The molecule has 0 aromatic heterocycles. The third-order valence-corrected chi connectivity index (χ3v) is 5.47. The second-order valence-corrected chi connectivity index (χ2v) is 7.97. The summed E-state index contributed by atoms with van der Waals surface area (Å²) in [7, 11) is 0. The first-order valence-electron chi connectivity index (χ1n) is 9.95. The molecule has 1 aliphatic heterocycles. The summed E-state index contributed by atoms with van der Waals surface area (Å²) in [5, 5.41) is 6.24. The van der Waals surface area contributed by atoms with Crippen LogP contribution in [0.2, 0.25) is 0 Å². The van der Waals surface area contributed by atoms with E-state index in [0.717, 1.165) is 41.0 Å². The van der Waals surface area contributed by atoms with E-state index >= 15 is 0 Å². The lowest BCUT2D eigenvalue weighted by atomic mass is 10.2. The Morgan fingerprint density at radius 3 is 2.43 bits per heavy atom. The smallest absolute Gasteiger partial charge is 0.255 e. The average Bonchev–Trinajstić information content (AvgIpc) is 3.28. The van der Waals surface area contributed by atoms with Gasteiger partial charge in [-0.25, -0.2) is 0 Å². The second kappa shape index (κ2) is 9.78. The highest BCUT2D eigenvalue weighted by Gasteiger charge is 2.17. The number of rotatable bonds is 7. The molecule has 0 bridgehead atoms. The van der Waals surface area contributed by atoms with Crippen LogP contribution in [-0.2, 0) is 4.74 Å². The first kappa shape index (κ1) is 20.4. The number of carbonyl (C=O) groups is 1. The minimum Gasteiger partial charge on any atom is -0.490 e. The lowest BCUT2D eigenvalue weighted by Gasteiger charge is -2.13. The number of ether oxygens (including phenoxy) is 2. The van der Waals surface area contributed by atoms with Crippen LogP contribution in [0.3, 0.4) is 0 Å². The highest BCUT2D eigenvalue weighted by molar-refractivity contribution is 9.10. The van der Waals surface area contributed by atoms with E-state index in [2.05, 4.69) is 26.6 Å². The number of anilines is 3. The van der Waals surface area contributed by atoms with Crippen molar-refractivity contribution in [2.24, 2.45) is 0 Å². The lowest BCUT2D eigenvalue weighted by Crippen LogP contribution is -2.16. The number of hydrogen-bond donors (Lipinski definition) is 2. The van der Waals surface area contributed by atoms with Crippen molar-refractivity contribution < 1.29 is 14.3 Å². The van der Waals surface area contributed by atoms with Gasteiger partial charge in [-0.15, -0.1) is 0 Å². The van der Waals surface area contributed by atoms with Crippen molar-refractivity contribution >= 4 is 38.9 Å². The van der Waals surface area contributed by atoms with Crippen molar-refractivity contribution in [1.29, 1.82) is 0 Å². The Labute approximate surface area is 184 Å². The molecule has 1 heterocycles. The second-order valence-electron chi connectivity index (χ2n) is 7.11. The van der Waals surface area contributed by atoms with Crippen LogP contribution in [0, 0.1) is 0 Å². The Kier molecular flexibility index (Phi) is 6.67. The number of nitrogens with one attached hydrogen (secondary N) is 2. The van der Waals surface area contributed by atoms with E-state index in [1.165, 1.54) is 0 Å². The van der Waals surface area contributed by atoms with Crippen LogP contribution in [0.4, 0.5) is 17.1 Å². The van der Waals surface area contributed by atoms with Gasteiger partial charge in [-0.3, -0.25) is 4.79 Å². The minimum atomic E-state index is -0.176. The molecule has 1 atom stereocenters. The van der Waals surface area contributed by atoms with Crippen molar-refractivity contribution in [1.82, 2.24) is 0 Å². The largest absolute Gasteiger partial charge is 0.490 e. The number of amides is 1. The molecule has 0 aliphatic carbocycles. The van der Waals surface area contributed by atoms with Gasteiger partial charge in [-0.1, -0.05) is 18.2 Å². The molecule has 2 N–H and O–H groups in total. The van der Waals surface area contributed by atoms with Gasteiger partial charge in [0.2, 0.25) is 0 Å². The maximum atomic E-state index is 12.6. The van der Waals surface area contributed by atoms with E-state index in [1.807, 2.05) is 54.6 Å². The van der Waals surface area contributed by atoms with Crippen molar-refractivity contribution in [3.63, 3.8) is 0 Å². The monoisotopic (exact) mass is 466 g/mol. The summed E-state index contributed by atoms with van der Waals surface area (Å²) in [6.45, 7) is 1.32. The van der Waals surface area contributed by atoms with Crippen LogP contribution in [0.25, 0.3) is 0 Å². The summed E-state index contributed by atoms with van der Waals surface area (Å²) in [5.74, 6) is 0.531. The zero-order valence-electron chi connectivity index (χ0n) is 16.4. The molecule has 1 fully saturated rings. The molecule has 3 aromatic carbocycles. The SMILES string of the molecule is O=C(Nc1ccc(Nc2ccccc2)cc1)c1ccc(OCC2CCCO2)c(Br)c1. The number of hydrogen-bond acceptors (Lipinski definition) is 4. The molecule has 3 aromatic rings. The first-order chi connectivity index (χ1) is 14.7. The van der Waals surface area contributed by atoms with Crippen molar-refractivity contribution in [2.75, 3.05) is 23.8 Å². The minimum absolute atomic E-state index is 0.152. The molecule has 5 nitrogen and oxygen atoms in total. The van der Waals surface area contributed by atoms with Crippen molar-refractivity contribution in [2.45, 2.75) is 18.9 Å². The Morgan fingerprint density at radius 2 is 1.73 bits per heavy atom. The molecule has 0 radical (unpaired) electrons. The molecule has 1 saturated heterocycles. The van der Waals surface area contributed by atoms with Gasteiger partial charge in [0.15, 0.2) is 0 Å². The molecule has 1 unspecified atom stereocenters. The Bertz CT molecular complexity index is 987.